The van der Waals surface area contributed by atoms with Crippen molar-refractivity contribution in [3.63, 3.8) is 0 Å². The van der Waals surface area contributed by atoms with Gasteiger partial charge in [-0.2, -0.15) is 0 Å². The van der Waals surface area contributed by atoms with E-state index in [9.17, 15) is 9.59 Å². The molecule has 7 heteroatoms. The molecule has 0 bridgehead atoms. The number of hydrogen-bond donors (Lipinski definition) is 0. The fourth-order valence-corrected chi connectivity index (χ4v) is 2.99. The first-order valence-electron chi connectivity index (χ1n) is 7.65. The molecule has 5 nitrogen and oxygen atoms in total. The Labute approximate surface area is 146 Å². The maximum atomic E-state index is 12.5. The number of hydrogen-bond acceptors (Lipinski definition) is 3. The maximum Gasteiger partial charge on any atom is 0.242 e. The summed E-state index contributed by atoms with van der Waals surface area (Å²) in [5.41, 5.74) is 0.465. The van der Waals surface area contributed by atoms with Crippen molar-refractivity contribution in [2.45, 2.75) is 13.8 Å². The van der Waals surface area contributed by atoms with Crippen LogP contribution >= 0.6 is 23.2 Å². The second-order valence-electron chi connectivity index (χ2n) is 5.52. The van der Waals surface area contributed by atoms with E-state index in [2.05, 4.69) is 11.8 Å². The van der Waals surface area contributed by atoms with E-state index in [1.54, 1.807) is 23.1 Å². The van der Waals surface area contributed by atoms with Gasteiger partial charge in [-0.05, 0) is 24.7 Å². The van der Waals surface area contributed by atoms with Crippen LogP contribution in [0.25, 0.3) is 0 Å². The first-order valence-corrected chi connectivity index (χ1v) is 8.41. The van der Waals surface area contributed by atoms with Crippen molar-refractivity contribution >= 4 is 40.7 Å². The van der Waals surface area contributed by atoms with E-state index >= 15 is 0 Å². The average Bonchev–Trinajstić information content (AvgIpc) is 2.54. The van der Waals surface area contributed by atoms with Gasteiger partial charge in [0.25, 0.3) is 0 Å². The Morgan fingerprint density at radius 1 is 1.17 bits per heavy atom. The smallest absolute Gasteiger partial charge is 0.242 e. The zero-order valence-corrected chi connectivity index (χ0v) is 14.9. The monoisotopic (exact) mass is 357 g/mol. The molecular weight excluding hydrogens is 337 g/mol. The number of halogens is 2. The highest BCUT2D eigenvalue weighted by molar-refractivity contribution is 6.35. The van der Waals surface area contributed by atoms with Crippen LogP contribution in [0.3, 0.4) is 0 Å². The van der Waals surface area contributed by atoms with Crippen LogP contribution in [0, 0.1) is 0 Å². The number of carbonyl (C=O) groups excluding carboxylic acids is 2. The van der Waals surface area contributed by atoms with E-state index in [0.29, 0.717) is 28.8 Å². The van der Waals surface area contributed by atoms with Crippen molar-refractivity contribution in [1.29, 1.82) is 0 Å². The molecule has 1 saturated heterocycles. The normalized spacial score (nSPS) is 15.6. The largest absolute Gasteiger partial charge is 0.339 e. The Hall–Kier alpha value is -1.30. The predicted octanol–water partition coefficient (Wildman–Crippen LogP) is 2.51. The lowest BCUT2D eigenvalue weighted by atomic mass is 10.2. The summed E-state index contributed by atoms with van der Waals surface area (Å²) in [5, 5.41) is 0.868. The van der Waals surface area contributed by atoms with Crippen LogP contribution < -0.4 is 4.90 Å². The number of nitrogens with zero attached hydrogens (tertiary/aromatic N) is 3. The number of amides is 2. The number of rotatable bonds is 4. The second-order valence-corrected chi connectivity index (χ2v) is 6.36. The SMILES string of the molecule is CCN1CCN(C(=O)CN(C(C)=O)c2cc(Cl)ccc2Cl)CC1. The van der Waals surface area contributed by atoms with E-state index in [4.69, 9.17) is 23.2 Å². The Balaban J connectivity index is 2.09. The summed E-state index contributed by atoms with van der Waals surface area (Å²) in [5.74, 6) is -0.318. The number of piperazine rings is 1. The van der Waals surface area contributed by atoms with Crippen LogP contribution in [0.1, 0.15) is 13.8 Å². The highest BCUT2D eigenvalue weighted by atomic mass is 35.5. The minimum atomic E-state index is -0.241. The molecule has 0 unspecified atom stereocenters. The molecule has 0 saturated carbocycles. The standard InChI is InChI=1S/C16H21Cl2N3O2/c1-3-19-6-8-20(9-7-19)16(23)11-21(12(2)22)15-10-13(17)4-5-14(15)18/h4-5,10H,3,6-9,11H2,1-2H3. The maximum absolute atomic E-state index is 12.5. The van der Waals surface area contributed by atoms with E-state index in [-0.39, 0.29) is 18.4 Å². The Morgan fingerprint density at radius 2 is 1.83 bits per heavy atom. The van der Waals surface area contributed by atoms with Crippen LogP contribution in [0.2, 0.25) is 10.0 Å². The molecule has 1 fully saturated rings. The number of benzene rings is 1. The third-order valence-electron chi connectivity index (χ3n) is 4.04. The molecule has 2 amide bonds. The van der Waals surface area contributed by atoms with E-state index < -0.39 is 0 Å². The molecule has 1 aromatic rings. The first-order chi connectivity index (χ1) is 10.9. The topological polar surface area (TPSA) is 43.9 Å². The Morgan fingerprint density at radius 3 is 2.39 bits per heavy atom. The highest BCUT2D eigenvalue weighted by Gasteiger charge is 2.24. The zero-order valence-electron chi connectivity index (χ0n) is 13.4. The molecule has 0 radical (unpaired) electrons. The fraction of sp³-hybridized carbons (Fsp3) is 0.500. The van der Waals surface area contributed by atoms with Crippen molar-refractivity contribution < 1.29 is 9.59 Å². The number of anilines is 1. The van der Waals surface area contributed by atoms with Crippen LogP contribution in [0.4, 0.5) is 5.69 Å². The molecule has 0 aromatic heterocycles. The van der Waals surface area contributed by atoms with Gasteiger partial charge in [0.1, 0.15) is 6.54 Å². The molecule has 1 aromatic carbocycles. The second kappa shape index (κ2) is 7.99. The third-order valence-corrected chi connectivity index (χ3v) is 4.60. The van der Waals surface area contributed by atoms with Crippen LogP contribution in [0.15, 0.2) is 18.2 Å². The van der Waals surface area contributed by atoms with Gasteiger partial charge in [-0.3, -0.25) is 9.59 Å². The molecule has 0 aliphatic carbocycles. The summed E-state index contributed by atoms with van der Waals surface area (Å²) in [6.45, 7) is 7.57. The summed E-state index contributed by atoms with van der Waals surface area (Å²) < 4.78 is 0. The predicted molar refractivity (Wildman–Crippen MR) is 93.2 cm³/mol. The van der Waals surface area contributed by atoms with Crippen LogP contribution in [-0.2, 0) is 9.59 Å². The molecule has 23 heavy (non-hydrogen) atoms. The fourth-order valence-electron chi connectivity index (χ4n) is 2.61. The van der Waals surface area contributed by atoms with Crippen molar-refractivity contribution in [3.8, 4) is 0 Å². The van der Waals surface area contributed by atoms with Gasteiger partial charge in [0, 0.05) is 38.1 Å². The summed E-state index contributed by atoms with van der Waals surface area (Å²) in [7, 11) is 0. The lowest BCUT2D eigenvalue weighted by molar-refractivity contribution is -0.132. The Kier molecular flexibility index (Phi) is 6.27. The van der Waals surface area contributed by atoms with E-state index in [1.165, 1.54) is 11.8 Å². The summed E-state index contributed by atoms with van der Waals surface area (Å²) in [6.07, 6.45) is 0. The highest BCUT2D eigenvalue weighted by Crippen LogP contribution is 2.29. The summed E-state index contributed by atoms with van der Waals surface area (Å²) >= 11 is 12.1. The molecule has 1 aliphatic rings. The first kappa shape index (κ1) is 18.0. The minimum Gasteiger partial charge on any atom is -0.339 e. The van der Waals surface area contributed by atoms with E-state index in [1.807, 2.05) is 0 Å². The van der Waals surface area contributed by atoms with Crippen molar-refractivity contribution in [3.05, 3.63) is 28.2 Å². The van der Waals surface area contributed by atoms with Crippen molar-refractivity contribution in [1.82, 2.24) is 9.80 Å². The van der Waals surface area contributed by atoms with E-state index in [0.717, 1.165) is 19.6 Å². The van der Waals surface area contributed by atoms with Crippen molar-refractivity contribution in [2.24, 2.45) is 0 Å². The van der Waals surface area contributed by atoms with Gasteiger partial charge >= 0.3 is 0 Å². The molecule has 0 spiro atoms. The van der Waals surface area contributed by atoms with Gasteiger partial charge in [0.05, 0.1) is 10.7 Å². The molecule has 126 valence electrons. The third kappa shape index (κ3) is 4.59. The van der Waals surface area contributed by atoms with Gasteiger partial charge in [0.2, 0.25) is 11.8 Å². The van der Waals surface area contributed by atoms with Gasteiger partial charge in [0.15, 0.2) is 0 Å². The minimum absolute atomic E-state index is 0.0263. The number of likely N-dealkylation sites (N-methyl/N-ethyl adjacent to an activating group) is 1. The van der Waals surface area contributed by atoms with Gasteiger partial charge in [-0.25, -0.2) is 0 Å². The number of carbonyl (C=O) groups is 2. The lowest BCUT2D eigenvalue weighted by Gasteiger charge is -2.35. The summed E-state index contributed by atoms with van der Waals surface area (Å²) in [4.78, 5) is 29.9. The average molecular weight is 358 g/mol. The molecule has 0 N–H and O–H groups in total. The van der Waals surface area contributed by atoms with Gasteiger partial charge < -0.3 is 14.7 Å². The molecule has 1 heterocycles. The van der Waals surface area contributed by atoms with Gasteiger partial charge in [-0.15, -0.1) is 0 Å². The Bertz CT molecular complexity index is 587. The zero-order chi connectivity index (χ0) is 17.0. The van der Waals surface area contributed by atoms with Crippen LogP contribution in [-0.4, -0.2) is 60.9 Å². The van der Waals surface area contributed by atoms with Crippen LogP contribution in [0.5, 0.6) is 0 Å². The quantitative estimate of drug-likeness (QED) is 0.831. The van der Waals surface area contributed by atoms with Gasteiger partial charge in [-0.1, -0.05) is 30.1 Å². The molecule has 2 rings (SSSR count). The molecular formula is C16H21Cl2N3O2. The molecule has 1 aliphatic heterocycles. The lowest BCUT2D eigenvalue weighted by Crippen LogP contribution is -2.51. The summed E-state index contributed by atoms with van der Waals surface area (Å²) in [6, 6.07) is 4.88. The van der Waals surface area contributed by atoms with Crippen molar-refractivity contribution in [2.75, 3.05) is 44.2 Å². The molecule has 0 atom stereocenters.